The minimum Gasteiger partial charge on any atom is -0.317 e. The van der Waals surface area contributed by atoms with Crippen molar-refractivity contribution in [3.8, 4) is 0 Å². The topological polar surface area (TPSA) is 58.2 Å². The van der Waals surface area contributed by atoms with E-state index in [4.69, 9.17) is 0 Å². The number of nitrogens with one attached hydrogen (secondary N) is 2. The number of carbonyl (C=O) groups excluding carboxylic acids is 2. The first-order valence-electron chi connectivity index (χ1n) is 8.58. The number of hydrogen-bond acceptors (Lipinski definition) is 4. The highest BCUT2D eigenvalue weighted by Gasteiger charge is 2.32. The number of thioether (sulfide) groups is 1. The highest BCUT2D eigenvalue weighted by Crippen LogP contribution is 2.41. The summed E-state index contributed by atoms with van der Waals surface area (Å²) in [6.45, 7) is 0. The van der Waals surface area contributed by atoms with Crippen molar-refractivity contribution in [3.63, 3.8) is 0 Å². The lowest BCUT2D eigenvalue weighted by molar-refractivity contribution is -0.115. The highest BCUT2D eigenvalue weighted by atomic mass is 32.2. The summed E-state index contributed by atoms with van der Waals surface area (Å²) in [5.41, 5.74) is 0. The molecule has 3 aliphatic rings. The van der Waals surface area contributed by atoms with Gasteiger partial charge in [0.15, 0.2) is 0 Å². The van der Waals surface area contributed by atoms with Crippen molar-refractivity contribution in [1.29, 1.82) is 0 Å². The third kappa shape index (κ3) is 3.74. The molecule has 0 aromatic rings. The van der Waals surface area contributed by atoms with Crippen LogP contribution in [-0.4, -0.2) is 24.2 Å². The van der Waals surface area contributed by atoms with Gasteiger partial charge in [-0.25, -0.2) is 0 Å². The van der Waals surface area contributed by atoms with Gasteiger partial charge in [0.2, 0.25) is 0 Å². The van der Waals surface area contributed by atoms with Crippen molar-refractivity contribution in [2.75, 3.05) is 7.05 Å². The SMILES string of the molecule is CNC1CCCC(C2CCC(/C=C3\SC(=O)NC3=O)CC2)C1. The standard InChI is InChI=1S/C17H26N2O2S/c1-18-14-4-2-3-13(10-14)12-7-5-11(6-8-12)9-15-16(20)19-17(21)22-15/h9,11-14,18H,2-8,10H2,1H3,(H,19,20,21)/b15-9-. The van der Waals surface area contributed by atoms with Gasteiger partial charge < -0.3 is 5.32 Å². The molecule has 3 rings (SSSR count). The second kappa shape index (κ2) is 7.18. The number of allylic oxidation sites excluding steroid dienone is 1. The Bertz CT molecular complexity index is 469. The Morgan fingerprint density at radius 1 is 1.09 bits per heavy atom. The van der Waals surface area contributed by atoms with Crippen LogP contribution in [0.15, 0.2) is 11.0 Å². The van der Waals surface area contributed by atoms with E-state index < -0.39 is 0 Å². The maximum absolute atomic E-state index is 11.6. The highest BCUT2D eigenvalue weighted by molar-refractivity contribution is 8.18. The van der Waals surface area contributed by atoms with Gasteiger partial charge in [-0.15, -0.1) is 0 Å². The number of amides is 2. The summed E-state index contributed by atoms with van der Waals surface area (Å²) >= 11 is 1.05. The molecule has 1 heterocycles. The summed E-state index contributed by atoms with van der Waals surface area (Å²) in [6.07, 6.45) is 12.3. The molecule has 1 saturated heterocycles. The number of imide groups is 1. The van der Waals surface area contributed by atoms with E-state index in [9.17, 15) is 9.59 Å². The predicted octanol–water partition coefficient (Wildman–Crippen LogP) is 3.44. The van der Waals surface area contributed by atoms with Crippen LogP contribution in [0.5, 0.6) is 0 Å². The molecule has 4 nitrogen and oxygen atoms in total. The summed E-state index contributed by atoms with van der Waals surface area (Å²) in [5.74, 6) is 2.00. The van der Waals surface area contributed by atoms with Crippen LogP contribution < -0.4 is 10.6 Å². The summed E-state index contributed by atoms with van der Waals surface area (Å²) in [6, 6.07) is 0.711. The van der Waals surface area contributed by atoms with Gasteiger partial charge >= 0.3 is 0 Å². The molecule has 5 heteroatoms. The fourth-order valence-corrected chi connectivity index (χ4v) is 5.10. The second-order valence-electron chi connectivity index (χ2n) is 6.96. The van der Waals surface area contributed by atoms with E-state index in [0.717, 1.165) is 36.4 Å². The first kappa shape index (κ1) is 16.1. The zero-order valence-corrected chi connectivity index (χ0v) is 14.1. The van der Waals surface area contributed by atoms with Crippen LogP contribution in [0.2, 0.25) is 0 Å². The molecule has 3 fully saturated rings. The van der Waals surface area contributed by atoms with Gasteiger partial charge in [-0.05, 0) is 75.1 Å². The van der Waals surface area contributed by atoms with Gasteiger partial charge in [-0.1, -0.05) is 18.9 Å². The summed E-state index contributed by atoms with van der Waals surface area (Å²) in [5, 5.41) is 5.56. The Hall–Kier alpha value is -0.810. The monoisotopic (exact) mass is 322 g/mol. The van der Waals surface area contributed by atoms with Crippen LogP contribution in [0.3, 0.4) is 0 Å². The molecule has 122 valence electrons. The fraction of sp³-hybridized carbons (Fsp3) is 0.765. The van der Waals surface area contributed by atoms with Gasteiger partial charge in [0.25, 0.3) is 11.1 Å². The zero-order chi connectivity index (χ0) is 15.5. The van der Waals surface area contributed by atoms with E-state index in [2.05, 4.69) is 17.7 Å². The average Bonchev–Trinajstić information content (AvgIpc) is 2.86. The summed E-state index contributed by atoms with van der Waals surface area (Å²) in [7, 11) is 2.09. The molecule has 0 radical (unpaired) electrons. The first-order valence-corrected chi connectivity index (χ1v) is 9.39. The summed E-state index contributed by atoms with van der Waals surface area (Å²) in [4.78, 5) is 23.4. The Balaban J connectivity index is 1.51. The Morgan fingerprint density at radius 2 is 1.86 bits per heavy atom. The van der Waals surface area contributed by atoms with Gasteiger partial charge in [-0.3, -0.25) is 14.9 Å². The van der Waals surface area contributed by atoms with Gasteiger partial charge in [0, 0.05) is 6.04 Å². The first-order chi connectivity index (χ1) is 10.7. The van der Waals surface area contributed by atoms with E-state index in [0.29, 0.717) is 16.9 Å². The Kier molecular flexibility index (Phi) is 5.24. The molecule has 2 N–H and O–H groups in total. The van der Waals surface area contributed by atoms with E-state index in [1.54, 1.807) is 0 Å². The lowest BCUT2D eigenvalue weighted by atomic mass is 9.70. The second-order valence-corrected chi connectivity index (χ2v) is 7.98. The minimum atomic E-state index is -0.231. The smallest absolute Gasteiger partial charge is 0.290 e. The molecule has 0 bridgehead atoms. The predicted molar refractivity (Wildman–Crippen MR) is 89.5 cm³/mol. The van der Waals surface area contributed by atoms with Gasteiger partial charge in [-0.2, -0.15) is 0 Å². The molecule has 0 aromatic carbocycles. The van der Waals surface area contributed by atoms with Crippen LogP contribution >= 0.6 is 11.8 Å². The molecule has 2 unspecified atom stereocenters. The van der Waals surface area contributed by atoms with E-state index in [1.807, 2.05) is 6.08 Å². The van der Waals surface area contributed by atoms with E-state index >= 15 is 0 Å². The third-order valence-electron chi connectivity index (χ3n) is 5.64. The summed E-state index contributed by atoms with van der Waals surface area (Å²) < 4.78 is 0. The molecule has 0 spiro atoms. The largest absolute Gasteiger partial charge is 0.317 e. The molecule has 2 amide bonds. The Morgan fingerprint density at radius 3 is 2.50 bits per heavy atom. The van der Waals surface area contributed by atoms with Crippen molar-refractivity contribution < 1.29 is 9.59 Å². The quantitative estimate of drug-likeness (QED) is 0.782. The average molecular weight is 322 g/mol. The normalized spacial score (nSPS) is 38.3. The van der Waals surface area contributed by atoms with Gasteiger partial charge in [0.1, 0.15) is 0 Å². The van der Waals surface area contributed by atoms with Crippen LogP contribution in [0.4, 0.5) is 4.79 Å². The minimum absolute atomic E-state index is 0.207. The van der Waals surface area contributed by atoms with Crippen LogP contribution in [0, 0.1) is 17.8 Å². The van der Waals surface area contributed by atoms with Crippen molar-refractivity contribution in [1.82, 2.24) is 10.6 Å². The van der Waals surface area contributed by atoms with Crippen LogP contribution in [-0.2, 0) is 4.79 Å². The van der Waals surface area contributed by atoms with Crippen LogP contribution in [0.25, 0.3) is 0 Å². The lowest BCUT2D eigenvalue weighted by Gasteiger charge is -2.38. The number of carbonyl (C=O) groups is 2. The molecule has 2 atom stereocenters. The van der Waals surface area contributed by atoms with Crippen LogP contribution in [0.1, 0.15) is 51.4 Å². The van der Waals surface area contributed by atoms with E-state index in [1.165, 1.54) is 38.5 Å². The fourth-order valence-electron chi connectivity index (χ4n) is 4.35. The van der Waals surface area contributed by atoms with Crippen molar-refractivity contribution >= 4 is 22.9 Å². The molecule has 22 heavy (non-hydrogen) atoms. The maximum atomic E-state index is 11.6. The number of hydrogen-bond donors (Lipinski definition) is 2. The zero-order valence-electron chi connectivity index (χ0n) is 13.3. The van der Waals surface area contributed by atoms with Gasteiger partial charge in [0.05, 0.1) is 4.91 Å². The van der Waals surface area contributed by atoms with Crippen molar-refractivity contribution in [2.45, 2.75) is 57.4 Å². The Labute approximate surface area is 136 Å². The maximum Gasteiger partial charge on any atom is 0.290 e. The molecule has 2 aliphatic carbocycles. The van der Waals surface area contributed by atoms with E-state index in [-0.39, 0.29) is 11.1 Å². The molecular weight excluding hydrogens is 296 g/mol. The molecule has 1 aliphatic heterocycles. The van der Waals surface area contributed by atoms with Crippen molar-refractivity contribution in [3.05, 3.63) is 11.0 Å². The van der Waals surface area contributed by atoms with Crippen molar-refractivity contribution in [2.24, 2.45) is 17.8 Å². The lowest BCUT2D eigenvalue weighted by Crippen LogP contribution is -2.35. The third-order valence-corrected chi connectivity index (χ3v) is 6.46. The molecular formula is C17H26N2O2S. The molecule has 2 saturated carbocycles. The number of rotatable bonds is 3. The molecule has 0 aromatic heterocycles.